The third-order valence-electron chi connectivity index (χ3n) is 9.67. The number of carbonyl (C=O) groups excluding carboxylic acids is 2. The molecule has 0 radical (unpaired) electrons. The molecule has 1 heterocycles. The highest BCUT2D eigenvalue weighted by molar-refractivity contribution is 6.33. The van der Waals surface area contributed by atoms with Gasteiger partial charge in [-0.2, -0.15) is 0 Å². The molecule has 0 spiro atoms. The summed E-state index contributed by atoms with van der Waals surface area (Å²) in [5.41, 5.74) is 0.501. The molecule has 0 amide bonds. The Morgan fingerprint density at radius 3 is 2.48 bits per heavy atom. The lowest BCUT2D eigenvalue weighted by molar-refractivity contribution is -0.243. The van der Waals surface area contributed by atoms with Crippen LogP contribution in [0, 0.1) is 24.2 Å². The van der Waals surface area contributed by atoms with E-state index in [1.165, 1.54) is 14.0 Å². The Morgan fingerprint density at radius 2 is 1.88 bits per heavy atom. The van der Waals surface area contributed by atoms with Crippen LogP contribution in [0.2, 0.25) is 5.02 Å². The zero-order valence-electron chi connectivity index (χ0n) is 25.2. The molecule has 1 aliphatic carbocycles. The molecule has 42 heavy (non-hydrogen) atoms. The van der Waals surface area contributed by atoms with E-state index in [1.54, 1.807) is 13.0 Å². The molecular formula is C31H45ClO10. The number of phenolic OH excluding ortho intramolecular Hbond substituents is 2. The number of aromatic hydroxyl groups is 2. The third kappa shape index (κ3) is 6.85. The minimum absolute atomic E-state index is 0.00274. The summed E-state index contributed by atoms with van der Waals surface area (Å²) >= 11 is 6.24. The number of phenols is 2. The maximum Gasteiger partial charge on any atom is 0.184 e. The van der Waals surface area contributed by atoms with Crippen molar-refractivity contribution < 1.29 is 49.3 Å². The van der Waals surface area contributed by atoms with Crippen LogP contribution in [0.1, 0.15) is 74.9 Å². The van der Waals surface area contributed by atoms with Crippen LogP contribution in [0.25, 0.3) is 0 Å². The average molecular weight is 613 g/mol. The number of aliphatic hydroxyl groups excluding tert-OH is 3. The molecule has 1 aromatic carbocycles. The molecule has 10 nitrogen and oxygen atoms in total. The zero-order valence-corrected chi connectivity index (χ0v) is 25.9. The first-order valence-electron chi connectivity index (χ1n) is 14.4. The fourth-order valence-electron chi connectivity index (χ4n) is 6.23. The molecule has 1 saturated heterocycles. The van der Waals surface area contributed by atoms with Gasteiger partial charge in [0.1, 0.15) is 35.6 Å². The van der Waals surface area contributed by atoms with Gasteiger partial charge in [-0.1, -0.05) is 38.4 Å². The number of ether oxygens (including phenoxy) is 3. The number of aliphatic hydroxyl groups is 3. The van der Waals surface area contributed by atoms with Crippen LogP contribution in [-0.2, 0) is 25.4 Å². The molecule has 0 aromatic heterocycles. The minimum atomic E-state index is -1.25. The van der Waals surface area contributed by atoms with E-state index in [9.17, 15) is 35.1 Å². The Balaban J connectivity index is 2.02. The maximum absolute atomic E-state index is 12.8. The second-order valence-corrected chi connectivity index (χ2v) is 12.4. The number of aldehydes is 1. The molecule has 236 valence electrons. The van der Waals surface area contributed by atoms with E-state index in [2.05, 4.69) is 6.92 Å². The van der Waals surface area contributed by atoms with E-state index >= 15 is 0 Å². The van der Waals surface area contributed by atoms with Crippen molar-refractivity contribution in [2.45, 2.75) is 104 Å². The molecule has 5 N–H and O–H groups in total. The Morgan fingerprint density at radius 1 is 1.21 bits per heavy atom. The van der Waals surface area contributed by atoms with Crippen molar-refractivity contribution in [2.24, 2.45) is 17.3 Å². The van der Waals surface area contributed by atoms with Crippen LogP contribution in [0.3, 0.4) is 0 Å². The van der Waals surface area contributed by atoms with Gasteiger partial charge in [-0.3, -0.25) is 9.59 Å². The van der Waals surface area contributed by atoms with Gasteiger partial charge in [0.2, 0.25) is 0 Å². The topological polar surface area (TPSA) is 163 Å². The van der Waals surface area contributed by atoms with Gasteiger partial charge in [-0.05, 0) is 55.6 Å². The van der Waals surface area contributed by atoms with E-state index in [4.69, 9.17) is 25.8 Å². The molecule has 2 aliphatic rings. The van der Waals surface area contributed by atoms with Crippen molar-refractivity contribution in [2.75, 3.05) is 13.7 Å². The number of hydrogen-bond donors (Lipinski definition) is 5. The van der Waals surface area contributed by atoms with Gasteiger partial charge in [-0.15, -0.1) is 0 Å². The van der Waals surface area contributed by atoms with Crippen LogP contribution in [0.4, 0.5) is 0 Å². The smallest absolute Gasteiger partial charge is 0.184 e. The van der Waals surface area contributed by atoms with Crippen LogP contribution in [-0.4, -0.2) is 88.1 Å². The predicted molar refractivity (Wildman–Crippen MR) is 156 cm³/mol. The van der Waals surface area contributed by atoms with Gasteiger partial charge in [0.15, 0.2) is 12.6 Å². The molecule has 1 aliphatic heterocycles. The Kier molecular flexibility index (Phi) is 11.6. The molecule has 1 aromatic rings. The summed E-state index contributed by atoms with van der Waals surface area (Å²) < 4.78 is 17.7. The summed E-state index contributed by atoms with van der Waals surface area (Å²) in [5.74, 6) is -0.624. The summed E-state index contributed by atoms with van der Waals surface area (Å²) in [4.78, 5) is 24.4. The number of benzene rings is 1. The molecule has 2 fully saturated rings. The van der Waals surface area contributed by atoms with Crippen LogP contribution >= 0.6 is 11.6 Å². The number of ketones is 1. The lowest BCUT2D eigenvalue weighted by atomic mass is 9.59. The van der Waals surface area contributed by atoms with E-state index < -0.39 is 48.8 Å². The quantitative estimate of drug-likeness (QED) is 0.195. The normalized spacial score (nSPS) is 33.3. The van der Waals surface area contributed by atoms with Crippen LogP contribution in [0.15, 0.2) is 11.6 Å². The Labute approximate surface area is 252 Å². The van der Waals surface area contributed by atoms with Gasteiger partial charge in [-0.25, -0.2) is 0 Å². The van der Waals surface area contributed by atoms with Gasteiger partial charge in [0.05, 0.1) is 29.4 Å². The fraction of sp³-hybridized carbons (Fsp3) is 0.677. The van der Waals surface area contributed by atoms with Crippen LogP contribution in [0.5, 0.6) is 11.5 Å². The number of Topliss-reactive ketones (excluding diaryl/α,β-unsaturated/α-hetero) is 1. The van der Waals surface area contributed by atoms with E-state index in [0.29, 0.717) is 24.7 Å². The number of halogens is 1. The highest BCUT2D eigenvalue weighted by Gasteiger charge is 2.47. The van der Waals surface area contributed by atoms with Gasteiger partial charge >= 0.3 is 0 Å². The monoisotopic (exact) mass is 612 g/mol. The van der Waals surface area contributed by atoms with Gasteiger partial charge in [0.25, 0.3) is 0 Å². The largest absolute Gasteiger partial charge is 0.507 e. The standard InChI is InChI=1S/C31H45ClO10/c1-15(7-9-19-27(38)20(13-33)17(3)26(32)28(19)39)24(12-31(5)16(2)8-10-21(35)18(31)4)41-30-23(37)11-22(36)29(40-6)25(14-34)42-30/h7,13,16,18,22-25,29-30,34,36-39H,8-12,14H2,1-6H3/b15-7+/t16-,18+,22?,23+,24-,25?,29+,30-,31+/m1/s1. The second-order valence-electron chi connectivity index (χ2n) is 12.1. The second kappa shape index (κ2) is 14.2. The minimum Gasteiger partial charge on any atom is -0.507 e. The Hall–Kier alpha value is -2.05. The van der Waals surface area contributed by atoms with Crippen molar-refractivity contribution in [1.82, 2.24) is 0 Å². The highest BCUT2D eigenvalue weighted by Crippen LogP contribution is 2.48. The highest BCUT2D eigenvalue weighted by atomic mass is 35.5. The summed E-state index contributed by atoms with van der Waals surface area (Å²) in [7, 11) is 1.38. The number of carbonyl (C=O) groups is 2. The van der Waals surface area contributed by atoms with E-state index in [1.807, 2.05) is 13.8 Å². The van der Waals surface area contributed by atoms with Crippen molar-refractivity contribution in [3.8, 4) is 11.5 Å². The average Bonchev–Trinajstić information content (AvgIpc) is 3.07. The molecular weight excluding hydrogens is 568 g/mol. The van der Waals surface area contributed by atoms with Crippen molar-refractivity contribution in [3.63, 3.8) is 0 Å². The molecule has 3 rings (SSSR count). The molecule has 1 saturated carbocycles. The first kappa shape index (κ1) is 34.4. The number of methoxy groups -OCH3 is 1. The van der Waals surface area contributed by atoms with Crippen LogP contribution < -0.4 is 0 Å². The lowest BCUT2D eigenvalue weighted by Crippen LogP contribution is -2.46. The van der Waals surface area contributed by atoms with Gasteiger partial charge in [0, 0.05) is 31.4 Å². The Bertz CT molecular complexity index is 1170. The summed E-state index contributed by atoms with van der Waals surface area (Å²) in [5, 5.41) is 52.8. The molecule has 9 atom stereocenters. The van der Waals surface area contributed by atoms with Gasteiger partial charge < -0.3 is 39.7 Å². The third-order valence-corrected chi connectivity index (χ3v) is 10.1. The van der Waals surface area contributed by atoms with Crippen molar-refractivity contribution in [3.05, 3.63) is 33.4 Å². The number of hydrogen-bond acceptors (Lipinski definition) is 10. The SMILES string of the molecule is CO[C@H]1C(O)C[C@H](O)[C@H](O[C@H](C[C@@]2(C)[C@H](C)CCC(=O)[C@@H]2C)/C(C)=C/Cc2c(O)c(Cl)c(C)c(C=O)c2O)OC1CO. The van der Waals surface area contributed by atoms with Crippen molar-refractivity contribution >= 4 is 23.7 Å². The maximum atomic E-state index is 12.8. The molecule has 2 unspecified atom stereocenters. The summed E-state index contributed by atoms with van der Waals surface area (Å²) in [6, 6.07) is 0. The summed E-state index contributed by atoms with van der Waals surface area (Å²) in [6.07, 6.45) is -2.46. The molecule has 0 bridgehead atoms. The first-order valence-corrected chi connectivity index (χ1v) is 14.8. The van der Waals surface area contributed by atoms with E-state index in [0.717, 1.165) is 6.42 Å². The molecule has 11 heteroatoms. The van der Waals surface area contributed by atoms with Crippen molar-refractivity contribution in [1.29, 1.82) is 0 Å². The first-order chi connectivity index (χ1) is 19.7. The predicted octanol–water partition coefficient (Wildman–Crippen LogP) is 3.62. The number of allylic oxidation sites excluding steroid dienone is 1. The summed E-state index contributed by atoms with van der Waals surface area (Å²) in [6.45, 7) is 8.89. The van der Waals surface area contributed by atoms with E-state index in [-0.39, 0.29) is 63.7 Å². The lowest BCUT2D eigenvalue weighted by Gasteiger charge is -2.46. The fourth-order valence-corrected chi connectivity index (χ4v) is 6.44. The zero-order chi connectivity index (χ0) is 31.5. The number of rotatable bonds is 10.